The topological polar surface area (TPSA) is 149 Å². The van der Waals surface area contributed by atoms with Crippen molar-refractivity contribution < 1.29 is 31.6 Å². The molecule has 2 bridgehead atoms. The number of nitrogens with one attached hydrogen (secondary N) is 1. The molecule has 3 heterocycles. The Morgan fingerprint density at radius 3 is 2.82 bits per heavy atom. The number of urea groups is 1. The maximum atomic E-state index is 12.6. The number of carbonyl (C=O) groups excluding carboxylic acids is 3. The Morgan fingerprint density at radius 2 is 2.18 bits per heavy atom. The van der Waals surface area contributed by atoms with E-state index >= 15 is 0 Å². The Hall–Kier alpha value is -2.77. The van der Waals surface area contributed by atoms with E-state index in [1.807, 2.05) is 0 Å². The van der Waals surface area contributed by atoms with Crippen LogP contribution >= 0.6 is 0 Å². The van der Waals surface area contributed by atoms with Gasteiger partial charge in [0.05, 0.1) is 12.5 Å². The zero-order chi connectivity index (χ0) is 20.5. The molecule has 12 nitrogen and oxygen atoms in total. The van der Waals surface area contributed by atoms with Gasteiger partial charge in [0.1, 0.15) is 6.04 Å². The van der Waals surface area contributed by atoms with Gasteiger partial charge in [0.25, 0.3) is 5.91 Å². The van der Waals surface area contributed by atoms with E-state index < -0.39 is 34.4 Å². The number of rotatable bonds is 5. The van der Waals surface area contributed by atoms with Gasteiger partial charge in [-0.05, 0) is 24.5 Å². The van der Waals surface area contributed by atoms with Crippen LogP contribution in [-0.2, 0) is 30.7 Å². The highest BCUT2D eigenvalue weighted by Gasteiger charge is 2.49. The van der Waals surface area contributed by atoms with Crippen molar-refractivity contribution in [3.05, 3.63) is 30.1 Å². The molecule has 2 N–H and O–H groups in total. The molecule has 28 heavy (non-hydrogen) atoms. The van der Waals surface area contributed by atoms with Crippen LogP contribution in [0.25, 0.3) is 0 Å². The minimum atomic E-state index is -4.86. The van der Waals surface area contributed by atoms with Crippen LogP contribution in [0.4, 0.5) is 4.79 Å². The fraction of sp³-hybridized carbons (Fsp3) is 0.467. The number of hydroxylamine groups is 2. The maximum Gasteiger partial charge on any atom is 0.418 e. The van der Waals surface area contributed by atoms with E-state index in [-0.39, 0.29) is 25.3 Å². The van der Waals surface area contributed by atoms with E-state index in [1.54, 1.807) is 24.5 Å². The lowest BCUT2D eigenvalue weighted by atomic mass is 10.0. The van der Waals surface area contributed by atoms with Crippen LogP contribution in [0.2, 0.25) is 0 Å². The van der Waals surface area contributed by atoms with Gasteiger partial charge in [-0.3, -0.25) is 29.6 Å². The largest absolute Gasteiger partial charge is 0.418 e. The number of piperidine rings is 1. The molecule has 2 aliphatic heterocycles. The standard InChI is InChI=1S/C15H19N5O7S/c1-18(13(21)7-10-3-2-6-16-8-10)17-14(22)12-5-4-11-9-19(12)15(23)20(11)27-28(24,25)26/h2-3,6,8,11-12H,4-5,7,9H2,1H3,(H,17,22)(H,24,25,26)/t11?,12-/m0/s1. The molecule has 2 fully saturated rings. The molecule has 0 aliphatic carbocycles. The molecule has 13 heteroatoms. The van der Waals surface area contributed by atoms with Crippen LogP contribution in [0.5, 0.6) is 0 Å². The van der Waals surface area contributed by atoms with Crippen molar-refractivity contribution in [2.75, 3.05) is 13.6 Å². The van der Waals surface area contributed by atoms with Gasteiger partial charge in [0.15, 0.2) is 0 Å². The second kappa shape index (κ2) is 7.69. The SMILES string of the molecule is CN(NC(=O)[C@@H]1CCC2CN1C(=O)N2OS(=O)(=O)O)C(=O)Cc1cccnc1. The van der Waals surface area contributed by atoms with Gasteiger partial charge in [0.2, 0.25) is 5.91 Å². The highest BCUT2D eigenvalue weighted by atomic mass is 32.3. The second-order valence-electron chi connectivity index (χ2n) is 6.48. The molecular formula is C15H19N5O7S. The lowest BCUT2D eigenvalue weighted by Crippen LogP contribution is -2.54. The third-order valence-electron chi connectivity index (χ3n) is 4.53. The number of hydrogen-bond donors (Lipinski definition) is 2. The summed E-state index contributed by atoms with van der Waals surface area (Å²) in [7, 11) is -3.47. The summed E-state index contributed by atoms with van der Waals surface area (Å²) in [5.41, 5.74) is 3.12. The molecule has 1 unspecified atom stereocenters. The Kier molecular flexibility index (Phi) is 5.49. The Morgan fingerprint density at radius 1 is 1.43 bits per heavy atom. The third kappa shape index (κ3) is 4.37. The number of amides is 4. The normalized spacial score (nSPS) is 21.6. The van der Waals surface area contributed by atoms with Crippen molar-refractivity contribution in [2.45, 2.75) is 31.3 Å². The number of hydrogen-bond acceptors (Lipinski definition) is 7. The maximum absolute atomic E-state index is 12.6. The lowest BCUT2D eigenvalue weighted by Gasteiger charge is -2.30. The van der Waals surface area contributed by atoms with Crippen LogP contribution < -0.4 is 5.43 Å². The quantitative estimate of drug-likeness (QED) is 0.467. The smallest absolute Gasteiger partial charge is 0.309 e. The average Bonchev–Trinajstić information content (AvgIpc) is 2.86. The van der Waals surface area contributed by atoms with E-state index in [9.17, 15) is 22.8 Å². The Bertz CT molecular complexity index is 878. The number of hydrazine groups is 1. The average molecular weight is 413 g/mol. The fourth-order valence-electron chi connectivity index (χ4n) is 3.20. The summed E-state index contributed by atoms with van der Waals surface area (Å²) < 4.78 is 34.9. The summed E-state index contributed by atoms with van der Waals surface area (Å²) in [6.07, 6.45) is 3.71. The summed E-state index contributed by atoms with van der Waals surface area (Å²) >= 11 is 0. The first kappa shape index (κ1) is 20.0. The fourth-order valence-corrected chi connectivity index (χ4v) is 3.59. The summed E-state index contributed by atoms with van der Waals surface area (Å²) in [5.74, 6) is -0.957. The molecule has 2 atom stereocenters. The molecule has 0 aromatic carbocycles. The molecule has 4 amide bonds. The predicted octanol–water partition coefficient (Wildman–Crippen LogP) is -0.883. The number of nitrogens with zero attached hydrogens (tertiary/aromatic N) is 4. The van der Waals surface area contributed by atoms with Crippen molar-refractivity contribution in [1.82, 2.24) is 25.4 Å². The summed E-state index contributed by atoms with van der Waals surface area (Å²) in [5, 5.41) is 1.59. The number of aromatic nitrogens is 1. The van der Waals surface area contributed by atoms with Crippen LogP contribution in [0.1, 0.15) is 18.4 Å². The molecular weight excluding hydrogens is 394 g/mol. The second-order valence-corrected chi connectivity index (χ2v) is 7.48. The van der Waals surface area contributed by atoms with Crippen LogP contribution in [0.3, 0.4) is 0 Å². The van der Waals surface area contributed by atoms with Crippen molar-refractivity contribution in [2.24, 2.45) is 0 Å². The van der Waals surface area contributed by atoms with E-state index in [0.29, 0.717) is 17.0 Å². The van der Waals surface area contributed by atoms with Gasteiger partial charge in [-0.2, -0.15) is 13.5 Å². The minimum absolute atomic E-state index is 0.0377. The number of fused-ring (bicyclic) bond motifs is 2. The summed E-state index contributed by atoms with van der Waals surface area (Å²) in [6, 6.07) is 1.09. The number of pyridine rings is 1. The highest BCUT2D eigenvalue weighted by Crippen LogP contribution is 2.30. The van der Waals surface area contributed by atoms with Crippen molar-refractivity contribution in [3.8, 4) is 0 Å². The molecule has 152 valence electrons. The van der Waals surface area contributed by atoms with Gasteiger partial charge in [0, 0.05) is 26.0 Å². The minimum Gasteiger partial charge on any atom is -0.309 e. The van der Waals surface area contributed by atoms with Crippen molar-refractivity contribution >= 4 is 28.2 Å². The molecule has 0 radical (unpaired) electrons. The Balaban J connectivity index is 1.60. The monoisotopic (exact) mass is 413 g/mol. The first-order valence-corrected chi connectivity index (χ1v) is 9.75. The van der Waals surface area contributed by atoms with E-state index in [1.165, 1.54) is 7.05 Å². The summed E-state index contributed by atoms with van der Waals surface area (Å²) in [4.78, 5) is 42.2. The Labute approximate surface area is 160 Å². The van der Waals surface area contributed by atoms with Gasteiger partial charge in [-0.15, -0.1) is 4.28 Å². The predicted molar refractivity (Wildman–Crippen MR) is 92.2 cm³/mol. The molecule has 1 aromatic rings. The zero-order valence-electron chi connectivity index (χ0n) is 14.9. The zero-order valence-corrected chi connectivity index (χ0v) is 15.7. The third-order valence-corrected chi connectivity index (χ3v) is 4.88. The lowest BCUT2D eigenvalue weighted by molar-refractivity contribution is -0.141. The first-order chi connectivity index (χ1) is 13.2. The van der Waals surface area contributed by atoms with Crippen LogP contribution in [0, 0.1) is 0 Å². The van der Waals surface area contributed by atoms with Crippen LogP contribution in [0.15, 0.2) is 24.5 Å². The highest BCUT2D eigenvalue weighted by molar-refractivity contribution is 7.80. The molecule has 0 spiro atoms. The van der Waals surface area contributed by atoms with Gasteiger partial charge in [-0.1, -0.05) is 6.07 Å². The number of carbonyl (C=O) groups is 3. The van der Waals surface area contributed by atoms with Gasteiger partial charge in [-0.25, -0.2) is 4.79 Å². The van der Waals surface area contributed by atoms with Crippen molar-refractivity contribution in [1.29, 1.82) is 0 Å². The van der Waals surface area contributed by atoms with Crippen LogP contribution in [-0.4, -0.2) is 76.4 Å². The summed E-state index contributed by atoms with van der Waals surface area (Å²) in [6.45, 7) is 0.0692. The molecule has 1 aromatic heterocycles. The van der Waals surface area contributed by atoms with Gasteiger partial charge >= 0.3 is 16.4 Å². The first-order valence-electron chi connectivity index (χ1n) is 8.38. The van der Waals surface area contributed by atoms with Crippen molar-refractivity contribution in [3.63, 3.8) is 0 Å². The van der Waals surface area contributed by atoms with E-state index in [2.05, 4.69) is 14.7 Å². The van der Waals surface area contributed by atoms with E-state index in [4.69, 9.17) is 4.55 Å². The molecule has 0 saturated carbocycles. The number of likely N-dealkylation sites (N-methyl/N-ethyl adjacent to an activating group) is 1. The molecule has 2 aliphatic rings. The molecule has 3 rings (SSSR count). The van der Waals surface area contributed by atoms with Gasteiger partial charge < -0.3 is 4.90 Å². The molecule has 2 saturated heterocycles. The van der Waals surface area contributed by atoms with E-state index in [0.717, 1.165) is 9.91 Å².